The van der Waals surface area contributed by atoms with Gasteiger partial charge in [-0.2, -0.15) is 14.5 Å². The van der Waals surface area contributed by atoms with Gasteiger partial charge in [-0.3, -0.25) is 47.8 Å². The standard InChI is InChI=1S/3C5H6BrO2.Co/c3*1-3(7)5(6)4(2)8;/h3*1-2H3;/q3*-1;+3. The van der Waals surface area contributed by atoms with Crippen molar-refractivity contribution < 1.29 is 45.5 Å². The first-order valence-corrected chi connectivity index (χ1v) is 8.67. The van der Waals surface area contributed by atoms with E-state index < -0.39 is 0 Å². The molecule has 0 unspecified atom stereocenters. The van der Waals surface area contributed by atoms with Gasteiger partial charge >= 0.3 is 16.8 Å². The van der Waals surface area contributed by atoms with E-state index in [-0.39, 0.29) is 66.0 Å². The molecule has 144 valence electrons. The van der Waals surface area contributed by atoms with E-state index >= 15 is 0 Å². The Labute approximate surface area is 183 Å². The van der Waals surface area contributed by atoms with Crippen LogP contribution in [0.2, 0.25) is 0 Å². The van der Waals surface area contributed by atoms with Crippen molar-refractivity contribution in [2.24, 2.45) is 0 Å². The van der Waals surface area contributed by atoms with E-state index in [1.165, 1.54) is 41.5 Å². The van der Waals surface area contributed by atoms with Gasteiger partial charge in [0.05, 0.1) is 0 Å². The molecule has 0 heterocycles. The molecule has 25 heavy (non-hydrogen) atoms. The molecule has 0 bridgehead atoms. The maximum atomic E-state index is 10.3. The van der Waals surface area contributed by atoms with Crippen molar-refractivity contribution in [2.75, 3.05) is 0 Å². The third-order valence-corrected chi connectivity index (χ3v) is 5.20. The third kappa shape index (κ3) is 19.7. The fourth-order valence-electron chi connectivity index (χ4n) is 0.744. The number of halogens is 3. The van der Waals surface area contributed by atoms with Crippen molar-refractivity contribution in [1.82, 2.24) is 0 Å². The maximum Gasteiger partial charge on any atom is 3.00 e. The molecular formula is C15H18Br3CoO6. The van der Waals surface area contributed by atoms with Crippen LogP contribution in [0.15, 0.2) is 0 Å². The van der Waals surface area contributed by atoms with E-state index in [0.29, 0.717) is 0 Å². The molecule has 0 N–H and O–H groups in total. The summed E-state index contributed by atoms with van der Waals surface area (Å²) in [5.41, 5.74) is 0. The van der Waals surface area contributed by atoms with E-state index in [0.717, 1.165) is 0 Å². The van der Waals surface area contributed by atoms with E-state index in [9.17, 15) is 28.8 Å². The average molecular weight is 593 g/mol. The minimum Gasteiger partial charge on any atom is -0.333 e. The van der Waals surface area contributed by atoms with Crippen LogP contribution in [-0.4, -0.2) is 34.7 Å². The molecule has 0 rings (SSSR count). The van der Waals surface area contributed by atoms with E-state index in [1.807, 2.05) is 0 Å². The van der Waals surface area contributed by atoms with Crippen molar-refractivity contribution in [3.05, 3.63) is 14.5 Å². The second-order valence-electron chi connectivity index (χ2n) is 4.28. The van der Waals surface area contributed by atoms with Gasteiger partial charge in [-0.15, -0.1) is 0 Å². The number of hydrogen-bond donors (Lipinski definition) is 0. The van der Waals surface area contributed by atoms with Crippen LogP contribution in [-0.2, 0) is 45.5 Å². The molecule has 0 aromatic heterocycles. The summed E-state index contributed by atoms with van der Waals surface area (Å²) in [6.45, 7) is 8.03. The molecule has 0 aromatic carbocycles. The van der Waals surface area contributed by atoms with Crippen LogP contribution < -0.4 is 0 Å². The zero-order valence-electron chi connectivity index (χ0n) is 14.4. The largest absolute Gasteiger partial charge is 3.00 e. The number of Topliss-reactive ketones (excluding diaryl/α,β-unsaturated/α-hetero) is 6. The molecule has 0 aliphatic heterocycles. The van der Waals surface area contributed by atoms with E-state index in [4.69, 9.17) is 0 Å². The van der Waals surface area contributed by atoms with Gasteiger partial charge in [0, 0.05) is 34.7 Å². The smallest absolute Gasteiger partial charge is 0.333 e. The average Bonchev–Trinajstić information content (AvgIpc) is 2.45. The minimum absolute atomic E-state index is 0. The number of carbonyl (C=O) groups is 6. The Morgan fingerprint density at radius 3 is 0.520 bits per heavy atom. The van der Waals surface area contributed by atoms with Gasteiger partial charge in [0.15, 0.2) is 0 Å². The molecule has 0 aliphatic carbocycles. The molecular weight excluding hydrogens is 575 g/mol. The first-order chi connectivity index (χ1) is 10.7. The summed E-state index contributed by atoms with van der Waals surface area (Å²) in [4.78, 5) is 62.1. The number of carbonyl (C=O) groups excluding carboxylic acids is 6. The van der Waals surface area contributed by atoms with Gasteiger partial charge in [0.25, 0.3) is 0 Å². The van der Waals surface area contributed by atoms with Gasteiger partial charge in [0.1, 0.15) is 0 Å². The molecule has 0 aliphatic rings. The summed E-state index contributed by atoms with van der Waals surface area (Å²) < 4.78 is 0. The Morgan fingerprint density at radius 1 is 0.440 bits per heavy atom. The monoisotopic (exact) mass is 590 g/mol. The zero-order valence-corrected chi connectivity index (χ0v) is 20.2. The zero-order chi connectivity index (χ0) is 20.2. The molecule has 0 amide bonds. The van der Waals surface area contributed by atoms with Gasteiger partial charge < -0.3 is 28.8 Å². The summed E-state index contributed by atoms with van der Waals surface area (Å²) in [7, 11) is 0. The Kier molecular flexibility index (Phi) is 22.0. The van der Waals surface area contributed by atoms with Crippen LogP contribution in [0, 0.1) is 14.5 Å². The number of rotatable bonds is 6. The third-order valence-electron chi connectivity index (χ3n) is 1.85. The molecule has 0 saturated heterocycles. The normalized spacial score (nSPS) is 8.04. The van der Waals surface area contributed by atoms with Crippen LogP contribution in [0.5, 0.6) is 0 Å². The quantitative estimate of drug-likeness (QED) is 0.347. The van der Waals surface area contributed by atoms with Crippen molar-refractivity contribution in [1.29, 1.82) is 0 Å². The summed E-state index contributed by atoms with van der Waals surface area (Å²) in [6, 6.07) is 0. The van der Waals surface area contributed by atoms with Crippen LogP contribution in [0.25, 0.3) is 0 Å². The second-order valence-corrected chi connectivity index (χ2v) is 6.66. The molecule has 0 saturated carbocycles. The summed E-state index contributed by atoms with van der Waals surface area (Å²) in [5, 5.41) is 0. The molecule has 10 heteroatoms. The molecule has 6 nitrogen and oxygen atoms in total. The molecule has 0 radical (unpaired) electrons. The Balaban J connectivity index is -0.000000130. The van der Waals surface area contributed by atoms with Crippen LogP contribution in [0.3, 0.4) is 0 Å². The second kappa shape index (κ2) is 17.0. The van der Waals surface area contributed by atoms with Crippen LogP contribution in [0.1, 0.15) is 41.5 Å². The molecule has 0 aromatic rings. The molecule has 0 spiro atoms. The summed E-state index contributed by atoms with van der Waals surface area (Å²) in [5.74, 6) is -1.35. The number of hydrogen-bond acceptors (Lipinski definition) is 6. The SMILES string of the molecule is CC(=O)[C-](Br)C(C)=O.CC(=O)[C-](Br)C(C)=O.CC(=O)[C-](Br)C(C)=O.[Co+3]. The van der Waals surface area contributed by atoms with E-state index in [2.05, 4.69) is 47.8 Å². The minimum atomic E-state index is -0.225. The van der Waals surface area contributed by atoms with Crippen molar-refractivity contribution in [2.45, 2.75) is 41.5 Å². The van der Waals surface area contributed by atoms with Crippen LogP contribution >= 0.6 is 47.8 Å². The van der Waals surface area contributed by atoms with Gasteiger partial charge in [-0.25, -0.2) is 0 Å². The Bertz CT molecular complexity index is 394. The molecule has 0 atom stereocenters. The van der Waals surface area contributed by atoms with Gasteiger partial charge in [0.2, 0.25) is 0 Å². The summed E-state index contributed by atoms with van der Waals surface area (Å²) in [6.07, 6.45) is 0. The first kappa shape index (κ1) is 32.3. The summed E-state index contributed by atoms with van der Waals surface area (Å²) >= 11 is 8.47. The van der Waals surface area contributed by atoms with E-state index in [1.54, 1.807) is 0 Å². The van der Waals surface area contributed by atoms with Crippen molar-refractivity contribution in [3.8, 4) is 0 Å². The Morgan fingerprint density at radius 2 is 0.520 bits per heavy atom. The van der Waals surface area contributed by atoms with Crippen molar-refractivity contribution in [3.63, 3.8) is 0 Å². The van der Waals surface area contributed by atoms with Gasteiger partial charge in [-0.1, -0.05) is 0 Å². The van der Waals surface area contributed by atoms with Crippen LogP contribution in [0.4, 0.5) is 0 Å². The number of ketones is 6. The van der Waals surface area contributed by atoms with Gasteiger partial charge in [-0.05, 0) is 41.5 Å². The topological polar surface area (TPSA) is 102 Å². The fraction of sp³-hybridized carbons (Fsp3) is 0.400. The maximum absolute atomic E-state index is 10.3. The predicted molar refractivity (Wildman–Crippen MR) is 101 cm³/mol. The molecule has 0 fully saturated rings. The van der Waals surface area contributed by atoms with Crippen molar-refractivity contribution >= 4 is 82.5 Å². The first-order valence-electron chi connectivity index (χ1n) is 6.29. The fourth-order valence-corrected chi connectivity index (χ4v) is 0.744. The predicted octanol–water partition coefficient (Wildman–Crippen LogP) is 3.27. The Hall–Kier alpha value is -0.424.